The van der Waals surface area contributed by atoms with E-state index in [-0.39, 0.29) is 16.9 Å². The zero-order valence-corrected chi connectivity index (χ0v) is 12.6. The van der Waals surface area contributed by atoms with E-state index in [0.717, 1.165) is 8.68 Å². The molecule has 7 nitrogen and oxygen atoms in total. The maximum absolute atomic E-state index is 10.7. The quantitative estimate of drug-likeness (QED) is 0.801. The van der Waals surface area contributed by atoms with Crippen LogP contribution in [-0.2, 0) is 4.79 Å². The predicted molar refractivity (Wildman–Crippen MR) is 73.1 cm³/mol. The van der Waals surface area contributed by atoms with Crippen LogP contribution in [0.4, 0.5) is 0 Å². The fourth-order valence-corrected chi connectivity index (χ4v) is 4.05. The maximum atomic E-state index is 10.7. The summed E-state index contributed by atoms with van der Waals surface area (Å²) in [6.07, 6.45) is 0. The van der Waals surface area contributed by atoms with Crippen molar-refractivity contribution in [1.29, 1.82) is 0 Å². The second kappa shape index (κ2) is 6.35. The van der Waals surface area contributed by atoms with Gasteiger partial charge in [0.15, 0.2) is 14.5 Å². The molecule has 2 rings (SSSR count). The van der Waals surface area contributed by atoms with Crippen LogP contribution < -0.4 is 5.73 Å². The van der Waals surface area contributed by atoms with Crippen LogP contribution >= 0.6 is 34.9 Å². The zero-order chi connectivity index (χ0) is 13.8. The third-order valence-electron chi connectivity index (χ3n) is 1.89. The van der Waals surface area contributed by atoms with Gasteiger partial charge in [0, 0.05) is 0 Å². The molecule has 0 radical (unpaired) electrons. The maximum Gasteiger partial charge on any atom is 0.239 e. The Hall–Kier alpha value is -1.13. The number of carbonyl (C=O) groups excluding carboxylic acids is 1. The van der Waals surface area contributed by atoms with Crippen molar-refractivity contribution in [3.63, 3.8) is 0 Å². The Bertz CT molecular complexity index is 570. The molecule has 2 heterocycles. The molecule has 0 unspecified atom stereocenters. The van der Waals surface area contributed by atoms with E-state index in [2.05, 4.69) is 20.3 Å². The Morgan fingerprint density at radius 1 is 1.47 bits per heavy atom. The van der Waals surface area contributed by atoms with Crippen molar-refractivity contribution in [2.45, 2.75) is 27.8 Å². The van der Waals surface area contributed by atoms with E-state index in [1.165, 1.54) is 34.9 Å². The lowest BCUT2D eigenvalue weighted by Crippen LogP contribution is -2.12. The van der Waals surface area contributed by atoms with Crippen LogP contribution in [0.3, 0.4) is 0 Å². The number of aryl methyl sites for hydroxylation is 1. The molecule has 102 valence electrons. The van der Waals surface area contributed by atoms with Crippen molar-refractivity contribution in [3.8, 4) is 0 Å². The van der Waals surface area contributed by atoms with Crippen molar-refractivity contribution in [2.24, 2.45) is 5.73 Å². The molecule has 0 aliphatic heterocycles. The van der Waals surface area contributed by atoms with Gasteiger partial charge in [-0.1, -0.05) is 40.0 Å². The Labute approximate surface area is 121 Å². The molecule has 0 spiro atoms. The monoisotopic (exact) mass is 317 g/mol. The SMILES string of the molecule is Cc1noc([C@H](C)Sc2nnc(SCC(N)=O)s2)n1. The number of nitrogens with two attached hydrogens (primary N) is 1. The summed E-state index contributed by atoms with van der Waals surface area (Å²) in [5, 5.41) is 11.8. The van der Waals surface area contributed by atoms with E-state index in [0.29, 0.717) is 11.7 Å². The van der Waals surface area contributed by atoms with Gasteiger partial charge in [0.05, 0.1) is 11.0 Å². The first kappa shape index (κ1) is 14.3. The minimum atomic E-state index is -0.371. The van der Waals surface area contributed by atoms with E-state index in [1.807, 2.05) is 6.92 Å². The van der Waals surface area contributed by atoms with Gasteiger partial charge in [-0.15, -0.1) is 10.2 Å². The van der Waals surface area contributed by atoms with Gasteiger partial charge in [0.2, 0.25) is 11.8 Å². The van der Waals surface area contributed by atoms with Crippen molar-refractivity contribution >= 4 is 40.8 Å². The number of aromatic nitrogens is 4. The van der Waals surface area contributed by atoms with Gasteiger partial charge in [0.25, 0.3) is 0 Å². The average Bonchev–Trinajstić information content (AvgIpc) is 2.95. The number of hydrogen-bond donors (Lipinski definition) is 1. The number of carbonyl (C=O) groups is 1. The summed E-state index contributed by atoms with van der Waals surface area (Å²) in [5.41, 5.74) is 5.07. The van der Waals surface area contributed by atoms with Crippen LogP contribution in [0.25, 0.3) is 0 Å². The summed E-state index contributed by atoms with van der Waals surface area (Å²) in [7, 11) is 0. The Balaban J connectivity index is 1.94. The molecule has 1 atom stereocenters. The van der Waals surface area contributed by atoms with Crippen LogP contribution in [0.1, 0.15) is 23.9 Å². The molecule has 0 saturated carbocycles. The molecule has 0 saturated heterocycles. The van der Waals surface area contributed by atoms with Gasteiger partial charge < -0.3 is 10.3 Å². The molecule has 0 aliphatic rings. The van der Waals surface area contributed by atoms with E-state index in [9.17, 15) is 4.79 Å². The molecular formula is C9H11N5O2S3. The zero-order valence-electron chi connectivity index (χ0n) is 10.2. The first-order chi connectivity index (χ1) is 9.04. The largest absolute Gasteiger partial charge is 0.369 e. The summed E-state index contributed by atoms with van der Waals surface area (Å²) in [4.78, 5) is 14.8. The van der Waals surface area contributed by atoms with Crippen molar-refractivity contribution in [3.05, 3.63) is 11.7 Å². The Morgan fingerprint density at radius 3 is 2.84 bits per heavy atom. The molecule has 0 aromatic carbocycles. The van der Waals surface area contributed by atoms with Crippen LogP contribution in [0, 0.1) is 6.92 Å². The fourth-order valence-electron chi connectivity index (χ4n) is 1.12. The summed E-state index contributed by atoms with van der Waals surface area (Å²) >= 11 is 4.18. The lowest BCUT2D eigenvalue weighted by molar-refractivity contribution is -0.115. The average molecular weight is 317 g/mol. The number of amides is 1. The predicted octanol–water partition coefficient (Wildman–Crippen LogP) is 1.66. The summed E-state index contributed by atoms with van der Waals surface area (Å²) in [5.74, 6) is 1.00. The smallest absolute Gasteiger partial charge is 0.239 e. The van der Waals surface area contributed by atoms with Gasteiger partial charge in [-0.05, 0) is 13.8 Å². The van der Waals surface area contributed by atoms with Crippen molar-refractivity contribution < 1.29 is 9.32 Å². The molecule has 19 heavy (non-hydrogen) atoms. The Kier molecular flexibility index (Phi) is 4.77. The molecular weight excluding hydrogens is 306 g/mol. The van der Waals surface area contributed by atoms with Crippen LogP contribution in [0.2, 0.25) is 0 Å². The minimum Gasteiger partial charge on any atom is -0.369 e. The number of primary amides is 1. The first-order valence-electron chi connectivity index (χ1n) is 5.26. The standard InChI is InChI=1S/C9H11N5O2S3/c1-4(7-11-5(2)14-16-7)18-9-13-12-8(19-9)17-3-6(10)15/h4H,3H2,1-2H3,(H2,10,15)/t4-/m0/s1. The van der Waals surface area contributed by atoms with Crippen molar-refractivity contribution in [1.82, 2.24) is 20.3 Å². The van der Waals surface area contributed by atoms with E-state index >= 15 is 0 Å². The van der Waals surface area contributed by atoms with E-state index in [4.69, 9.17) is 10.3 Å². The second-order valence-electron chi connectivity index (χ2n) is 3.53. The second-order valence-corrected chi connectivity index (χ2v) is 7.32. The molecule has 2 aromatic heterocycles. The molecule has 0 fully saturated rings. The highest BCUT2D eigenvalue weighted by Crippen LogP contribution is 2.37. The van der Waals surface area contributed by atoms with Crippen LogP contribution in [0.15, 0.2) is 13.2 Å². The highest BCUT2D eigenvalue weighted by atomic mass is 32.2. The van der Waals surface area contributed by atoms with E-state index in [1.54, 1.807) is 6.92 Å². The summed E-state index contributed by atoms with van der Waals surface area (Å²) in [6.45, 7) is 3.73. The van der Waals surface area contributed by atoms with Gasteiger partial charge >= 0.3 is 0 Å². The van der Waals surface area contributed by atoms with Crippen molar-refractivity contribution in [2.75, 3.05) is 5.75 Å². The third-order valence-corrected chi connectivity index (χ3v) is 5.15. The highest BCUT2D eigenvalue weighted by Gasteiger charge is 2.17. The van der Waals surface area contributed by atoms with Gasteiger partial charge in [-0.2, -0.15) is 4.98 Å². The minimum absolute atomic E-state index is 0.00291. The summed E-state index contributed by atoms with van der Waals surface area (Å²) < 4.78 is 6.60. The molecule has 2 aromatic rings. The normalized spacial score (nSPS) is 12.5. The molecule has 2 N–H and O–H groups in total. The van der Waals surface area contributed by atoms with Crippen LogP contribution in [0.5, 0.6) is 0 Å². The van der Waals surface area contributed by atoms with Crippen LogP contribution in [-0.4, -0.2) is 32.0 Å². The molecule has 10 heteroatoms. The third kappa shape index (κ3) is 4.18. The topological polar surface area (TPSA) is 108 Å². The molecule has 0 aliphatic carbocycles. The first-order valence-corrected chi connectivity index (χ1v) is 7.94. The van der Waals surface area contributed by atoms with Gasteiger partial charge in [0.1, 0.15) is 0 Å². The molecule has 1 amide bonds. The van der Waals surface area contributed by atoms with Gasteiger partial charge in [-0.25, -0.2) is 0 Å². The fraction of sp³-hybridized carbons (Fsp3) is 0.444. The highest BCUT2D eigenvalue weighted by molar-refractivity contribution is 8.03. The number of hydrogen-bond acceptors (Lipinski definition) is 9. The number of nitrogens with zero attached hydrogens (tertiary/aromatic N) is 4. The number of rotatable bonds is 6. The lowest BCUT2D eigenvalue weighted by atomic mass is 10.5. The summed E-state index contributed by atoms with van der Waals surface area (Å²) in [6, 6.07) is 0. The molecule has 0 bridgehead atoms. The van der Waals surface area contributed by atoms with E-state index < -0.39 is 0 Å². The van der Waals surface area contributed by atoms with Gasteiger partial charge in [-0.3, -0.25) is 4.79 Å². The lowest BCUT2D eigenvalue weighted by Gasteiger charge is -2.01. The Morgan fingerprint density at radius 2 is 2.21 bits per heavy atom. The number of thioether (sulfide) groups is 2.